The van der Waals surface area contributed by atoms with Crippen LogP contribution >= 0.6 is 0 Å². The van der Waals surface area contributed by atoms with Gasteiger partial charge in [-0.05, 0) is 31.9 Å². The average Bonchev–Trinajstić information content (AvgIpc) is 2.54. The topological polar surface area (TPSA) is 24.9 Å². The number of para-hydroxylation sites is 1. The van der Waals surface area contributed by atoms with Gasteiger partial charge in [0.15, 0.2) is 0 Å². The van der Waals surface area contributed by atoms with E-state index in [0.29, 0.717) is 0 Å². The molecule has 0 amide bonds. The molecule has 126 valence electrons. The van der Waals surface area contributed by atoms with Crippen LogP contribution in [0, 0.1) is 13.8 Å². The molecular formula is C21H32N2. The smallest absolute Gasteiger partial charge is 0.0755 e. The maximum absolute atomic E-state index is 4.69. The second-order valence-corrected chi connectivity index (χ2v) is 6.68. The SMILES string of the molecule is CCCCCCCCCCNc1cc(C)nc2c(C)cccc12. The number of hydrogen-bond acceptors (Lipinski definition) is 2. The largest absolute Gasteiger partial charge is 0.384 e. The molecule has 0 atom stereocenters. The molecule has 1 N–H and O–H groups in total. The van der Waals surface area contributed by atoms with Gasteiger partial charge in [-0.15, -0.1) is 0 Å². The Morgan fingerprint density at radius 2 is 1.61 bits per heavy atom. The molecule has 0 fully saturated rings. The van der Waals surface area contributed by atoms with E-state index in [-0.39, 0.29) is 0 Å². The number of rotatable bonds is 10. The van der Waals surface area contributed by atoms with Crippen LogP contribution < -0.4 is 5.32 Å². The number of benzene rings is 1. The van der Waals surface area contributed by atoms with E-state index in [2.05, 4.69) is 55.3 Å². The van der Waals surface area contributed by atoms with Crippen molar-refractivity contribution in [2.24, 2.45) is 0 Å². The summed E-state index contributed by atoms with van der Waals surface area (Å²) in [6, 6.07) is 8.60. The molecule has 0 radical (unpaired) electrons. The number of pyridine rings is 1. The van der Waals surface area contributed by atoms with Gasteiger partial charge in [0.05, 0.1) is 5.52 Å². The number of fused-ring (bicyclic) bond motifs is 1. The summed E-state index contributed by atoms with van der Waals surface area (Å²) in [6.45, 7) is 7.55. The third-order valence-electron chi connectivity index (χ3n) is 4.52. The summed E-state index contributed by atoms with van der Waals surface area (Å²) >= 11 is 0. The first kappa shape index (κ1) is 17.8. The van der Waals surface area contributed by atoms with Crippen molar-refractivity contribution in [3.05, 3.63) is 35.5 Å². The van der Waals surface area contributed by atoms with Crippen LogP contribution in [0.4, 0.5) is 5.69 Å². The van der Waals surface area contributed by atoms with Crippen molar-refractivity contribution in [1.82, 2.24) is 4.98 Å². The van der Waals surface area contributed by atoms with Gasteiger partial charge in [-0.2, -0.15) is 0 Å². The lowest BCUT2D eigenvalue weighted by Crippen LogP contribution is -2.03. The highest BCUT2D eigenvalue weighted by molar-refractivity contribution is 5.93. The summed E-state index contributed by atoms with van der Waals surface area (Å²) in [7, 11) is 0. The zero-order valence-corrected chi connectivity index (χ0v) is 15.1. The summed E-state index contributed by atoms with van der Waals surface area (Å²) in [6.07, 6.45) is 10.9. The van der Waals surface area contributed by atoms with Crippen LogP contribution in [0.25, 0.3) is 10.9 Å². The molecule has 0 aliphatic carbocycles. The molecule has 23 heavy (non-hydrogen) atoms. The maximum Gasteiger partial charge on any atom is 0.0755 e. The molecular weight excluding hydrogens is 280 g/mol. The fraction of sp³-hybridized carbons (Fsp3) is 0.571. The minimum atomic E-state index is 1.06. The number of hydrogen-bond donors (Lipinski definition) is 1. The van der Waals surface area contributed by atoms with Crippen molar-refractivity contribution < 1.29 is 0 Å². The molecule has 1 aromatic heterocycles. The molecule has 0 saturated heterocycles. The number of nitrogens with zero attached hydrogens (tertiary/aromatic N) is 1. The van der Waals surface area contributed by atoms with Gasteiger partial charge < -0.3 is 5.32 Å². The number of nitrogens with one attached hydrogen (secondary N) is 1. The van der Waals surface area contributed by atoms with E-state index in [1.54, 1.807) is 0 Å². The third-order valence-corrected chi connectivity index (χ3v) is 4.52. The molecule has 1 aromatic carbocycles. The van der Waals surface area contributed by atoms with Gasteiger partial charge in [0.2, 0.25) is 0 Å². The number of aryl methyl sites for hydroxylation is 2. The van der Waals surface area contributed by atoms with Crippen molar-refractivity contribution in [1.29, 1.82) is 0 Å². The van der Waals surface area contributed by atoms with Gasteiger partial charge in [-0.3, -0.25) is 4.98 Å². The second-order valence-electron chi connectivity index (χ2n) is 6.68. The Labute approximate surface area is 141 Å². The van der Waals surface area contributed by atoms with E-state index < -0.39 is 0 Å². The fourth-order valence-corrected chi connectivity index (χ4v) is 3.15. The molecule has 0 unspecified atom stereocenters. The highest BCUT2D eigenvalue weighted by Gasteiger charge is 2.05. The molecule has 0 saturated carbocycles. The van der Waals surface area contributed by atoms with Gasteiger partial charge in [0.25, 0.3) is 0 Å². The third kappa shape index (κ3) is 5.53. The van der Waals surface area contributed by atoms with Crippen molar-refractivity contribution in [3.63, 3.8) is 0 Å². The zero-order chi connectivity index (χ0) is 16.5. The minimum Gasteiger partial charge on any atom is -0.384 e. The van der Waals surface area contributed by atoms with Gasteiger partial charge in [-0.1, -0.05) is 70.1 Å². The average molecular weight is 313 g/mol. The fourth-order valence-electron chi connectivity index (χ4n) is 3.15. The van der Waals surface area contributed by atoms with E-state index in [0.717, 1.165) is 17.8 Å². The van der Waals surface area contributed by atoms with Crippen LogP contribution in [0.15, 0.2) is 24.3 Å². The first-order valence-corrected chi connectivity index (χ1v) is 9.33. The quantitative estimate of drug-likeness (QED) is 0.513. The van der Waals surface area contributed by atoms with E-state index in [1.807, 2.05) is 0 Å². The second kappa shape index (κ2) is 9.54. The lowest BCUT2D eigenvalue weighted by Gasteiger charge is -2.12. The number of anilines is 1. The number of aromatic nitrogens is 1. The van der Waals surface area contributed by atoms with Gasteiger partial charge >= 0.3 is 0 Å². The Hall–Kier alpha value is -1.57. The molecule has 2 rings (SSSR count). The molecule has 1 heterocycles. The van der Waals surface area contributed by atoms with Crippen LogP contribution in [0.2, 0.25) is 0 Å². The van der Waals surface area contributed by atoms with Crippen LogP contribution in [0.5, 0.6) is 0 Å². The van der Waals surface area contributed by atoms with Gasteiger partial charge in [-0.25, -0.2) is 0 Å². The summed E-state index contributed by atoms with van der Waals surface area (Å²) < 4.78 is 0. The van der Waals surface area contributed by atoms with E-state index in [1.165, 1.54) is 68.0 Å². The first-order valence-electron chi connectivity index (χ1n) is 9.33. The Balaban J connectivity index is 1.78. The normalized spacial score (nSPS) is 11.1. The van der Waals surface area contributed by atoms with Gasteiger partial charge in [0, 0.05) is 23.3 Å². The standard InChI is InChI=1S/C21H32N2/c1-4-5-6-7-8-9-10-11-15-22-20-16-18(3)23-21-17(2)13-12-14-19(20)21/h12-14,16H,4-11,15H2,1-3H3,(H,22,23). The Morgan fingerprint density at radius 1 is 0.913 bits per heavy atom. The van der Waals surface area contributed by atoms with Crippen LogP contribution in [0.1, 0.15) is 69.5 Å². The van der Waals surface area contributed by atoms with E-state index in [9.17, 15) is 0 Å². The molecule has 2 aromatic rings. The first-order chi connectivity index (χ1) is 11.2. The molecule has 0 aliphatic heterocycles. The van der Waals surface area contributed by atoms with Crippen LogP contribution in [-0.2, 0) is 0 Å². The monoisotopic (exact) mass is 312 g/mol. The minimum absolute atomic E-state index is 1.06. The summed E-state index contributed by atoms with van der Waals surface area (Å²) in [5.41, 5.74) is 4.71. The molecule has 0 aliphatic rings. The predicted molar refractivity (Wildman–Crippen MR) is 102 cm³/mol. The summed E-state index contributed by atoms with van der Waals surface area (Å²) in [5.74, 6) is 0. The molecule has 2 nitrogen and oxygen atoms in total. The van der Waals surface area contributed by atoms with E-state index >= 15 is 0 Å². The van der Waals surface area contributed by atoms with Crippen molar-refractivity contribution in [2.45, 2.75) is 72.1 Å². The molecule has 0 bridgehead atoms. The molecule has 2 heteroatoms. The van der Waals surface area contributed by atoms with Crippen LogP contribution in [-0.4, -0.2) is 11.5 Å². The van der Waals surface area contributed by atoms with Gasteiger partial charge in [0.1, 0.15) is 0 Å². The highest BCUT2D eigenvalue weighted by Crippen LogP contribution is 2.25. The highest BCUT2D eigenvalue weighted by atomic mass is 14.9. The maximum atomic E-state index is 4.69. The van der Waals surface area contributed by atoms with Crippen LogP contribution in [0.3, 0.4) is 0 Å². The predicted octanol–water partition coefficient (Wildman–Crippen LogP) is 6.40. The van der Waals surface area contributed by atoms with Crippen molar-refractivity contribution in [3.8, 4) is 0 Å². The van der Waals surface area contributed by atoms with E-state index in [4.69, 9.17) is 0 Å². The van der Waals surface area contributed by atoms with Crippen molar-refractivity contribution in [2.75, 3.05) is 11.9 Å². The molecule has 0 spiro atoms. The lowest BCUT2D eigenvalue weighted by atomic mass is 10.1. The Kier molecular flexibility index (Phi) is 7.38. The summed E-state index contributed by atoms with van der Waals surface area (Å²) in [5, 5.41) is 4.87. The lowest BCUT2D eigenvalue weighted by molar-refractivity contribution is 0.581. The van der Waals surface area contributed by atoms with Crippen molar-refractivity contribution >= 4 is 16.6 Å². The number of unbranched alkanes of at least 4 members (excludes halogenated alkanes) is 7. The summed E-state index contributed by atoms with van der Waals surface area (Å²) in [4.78, 5) is 4.69. The Morgan fingerprint density at radius 3 is 2.35 bits per heavy atom. The zero-order valence-electron chi connectivity index (χ0n) is 15.1. The Bertz CT molecular complexity index is 604.